The number of carbonyl (C=O) groups is 3. The van der Waals surface area contributed by atoms with Crippen molar-refractivity contribution in [3.05, 3.63) is 48.0 Å². The molecular formula is C22H24N2O5S. The second-order valence-electron chi connectivity index (χ2n) is 6.70. The molecule has 0 saturated carbocycles. The molecule has 1 unspecified atom stereocenters. The summed E-state index contributed by atoms with van der Waals surface area (Å²) < 4.78 is 10.5. The zero-order chi connectivity index (χ0) is 21.7. The molecule has 0 spiro atoms. The first-order valence-corrected chi connectivity index (χ1v) is 10.6. The number of benzene rings is 2. The number of fused-ring (bicyclic) bond motifs is 1. The van der Waals surface area contributed by atoms with Crippen molar-refractivity contribution in [3.8, 4) is 11.5 Å². The number of hydrogen-bond donors (Lipinski definition) is 1. The summed E-state index contributed by atoms with van der Waals surface area (Å²) in [7, 11) is 1.58. The van der Waals surface area contributed by atoms with E-state index in [9.17, 15) is 14.4 Å². The van der Waals surface area contributed by atoms with Gasteiger partial charge in [0.25, 0.3) is 5.91 Å². The minimum Gasteiger partial charge on any atom is -0.497 e. The first-order valence-electron chi connectivity index (χ1n) is 9.60. The van der Waals surface area contributed by atoms with E-state index in [0.29, 0.717) is 35.0 Å². The normalized spacial score (nSPS) is 13.8. The lowest BCUT2D eigenvalue weighted by atomic mass is 10.1. The van der Waals surface area contributed by atoms with Gasteiger partial charge in [-0.1, -0.05) is 0 Å². The van der Waals surface area contributed by atoms with Crippen molar-refractivity contribution in [1.29, 1.82) is 0 Å². The molecule has 2 amide bonds. The van der Waals surface area contributed by atoms with Gasteiger partial charge in [-0.3, -0.25) is 14.4 Å². The fourth-order valence-electron chi connectivity index (χ4n) is 3.08. The highest BCUT2D eigenvalue weighted by Gasteiger charge is 2.26. The first kappa shape index (κ1) is 21.7. The Balaban J connectivity index is 1.59. The van der Waals surface area contributed by atoms with Gasteiger partial charge in [-0.15, -0.1) is 11.8 Å². The van der Waals surface area contributed by atoms with Gasteiger partial charge in [0.2, 0.25) is 5.91 Å². The average molecular weight is 429 g/mol. The number of Topliss-reactive ketones (excluding diaryl/α,β-unsaturated/α-hetero) is 1. The van der Waals surface area contributed by atoms with Gasteiger partial charge in [-0.2, -0.15) is 0 Å². The molecule has 30 heavy (non-hydrogen) atoms. The Morgan fingerprint density at radius 3 is 2.63 bits per heavy atom. The van der Waals surface area contributed by atoms with Crippen molar-refractivity contribution in [2.24, 2.45) is 0 Å². The van der Waals surface area contributed by atoms with Gasteiger partial charge in [0.15, 0.2) is 12.4 Å². The molecule has 0 bridgehead atoms. The lowest BCUT2D eigenvalue weighted by Gasteiger charge is -2.28. The molecule has 1 atom stereocenters. The minimum absolute atomic E-state index is 0.00367. The number of hydrogen-bond acceptors (Lipinski definition) is 6. The van der Waals surface area contributed by atoms with Gasteiger partial charge in [-0.25, -0.2) is 0 Å². The largest absolute Gasteiger partial charge is 0.497 e. The Bertz CT molecular complexity index is 945. The summed E-state index contributed by atoms with van der Waals surface area (Å²) in [5.74, 6) is 1.02. The number of rotatable bonds is 8. The monoisotopic (exact) mass is 428 g/mol. The van der Waals surface area contributed by atoms with Crippen LogP contribution in [0.3, 0.4) is 0 Å². The predicted octanol–water partition coefficient (Wildman–Crippen LogP) is 3.38. The van der Waals surface area contributed by atoms with Gasteiger partial charge >= 0.3 is 0 Å². The third kappa shape index (κ3) is 4.94. The summed E-state index contributed by atoms with van der Waals surface area (Å²) in [5, 5.41) is 2.38. The van der Waals surface area contributed by atoms with Crippen LogP contribution in [-0.2, 0) is 9.59 Å². The number of carbonyl (C=O) groups excluding carboxylic acids is 3. The maximum Gasteiger partial charge on any atom is 0.265 e. The fraction of sp³-hybridized carbons (Fsp3) is 0.318. The van der Waals surface area contributed by atoms with Crippen LogP contribution in [0.4, 0.5) is 11.4 Å². The molecule has 1 heterocycles. The van der Waals surface area contributed by atoms with Crippen LogP contribution < -0.4 is 19.7 Å². The highest BCUT2D eigenvalue weighted by atomic mass is 32.2. The van der Waals surface area contributed by atoms with Crippen molar-refractivity contribution < 1.29 is 23.9 Å². The number of thioether (sulfide) groups is 1. The molecule has 2 aromatic carbocycles. The Kier molecular flexibility index (Phi) is 6.99. The molecule has 0 fully saturated rings. The lowest BCUT2D eigenvalue weighted by molar-refractivity contribution is -0.121. The minimum atomic E-state index is -0.417. The standard InChI is InChI=1S/C22H24N2O5S/c1-4-24-18-11-15(5-10-19(18)29-12-21(24)26)22(27)14(2)30-13-20(25)23-16-6-8-17(28-3)9-7-16/h5-11,14H,4,12-13H2,1-3H3,(H,23,25). The van der Waals surface area contributed by atoms with Crippen LogP contribution in [0.5, 0.6) is 11.5 Å². The number of amides is 2. The van der Waals surface area contributed by atoms with Crippen LogP contribution in [0.2, 0.25) is 0 Å². The molecule has 2 aromatic rings. The molecule has 0 saturated heterocycles. The predicted molar refractivity (Wildman–Crippen MR) is 118 cm³/mol. The Labute approximate surface area is 179 Å². The van der Waals surface area contributed by atoms with Crippen LogP contribution in [0, 0.1) is 0 Å². The summed E-state index contributed by atoms with van der Waals surface area (Å²) in [5.41, 5.74) is 1.76. The van der Waals surface area contributed by atoms with E-state index < -0.39 is 5.25 Å². The Morgan fingerprint density at radius 1 is 1.23 bits per heavy atom. The van der Waals surface area contributed by atoms with E-state index in [2.05, 4.69) is 5.32 Å². The van der Waals surface area contributed by atoms with Gasteiger partial charge in [-0.05, 0) is 56.3 Å². The quantitative estimate of drug-likeness (QED) is 0.649. The van der Waals surface area contributed by atoms with Crippen LogP contribution >= 0.6 is 11.8 Å². The average Bonchev–Trinajstić information content (AvgIpc) is 2.77. The van der Waals surface area contributed by atoms with E-state index in [-0.39, 0.29) is 30.0 Å². The van der Waals surface area contributed by atoms with E-state index in [0.717, 1.165) is 0 Å². The zero-order valence-corrected chi connectivity index (χ0v) is 18.0. The second-order valence-corrected chi connectivity index (χ2v) is 8.03. The number of methoxy groups -OCH3 is 1. The number of nitrogens with one attached hydrogen (secondary N) is 1. The van der Waals surface area contributed by atoms with Gasteiger partial charge in [0, 0.05) is 17.8 Å². The fourth-order valence-corrected chi connectivity index (χ4v) is 3.85. The topological polar surface area (TPSA) is 84.9 Å². The third-order valence-electron chi connectivity index (χ3n) is 4.71. The van der Waals surface area contributed by atoms with E-state index in [1.54, 1.807) is 61.4 Å². The zero-order valence-electron chi connectivity index (χ0n) is 17.1. The summed E-state index contributed by atoms with van der Waals surface area (Å²) in [6.07, 6.45) is 0. The van der Waals surface area contributed by atoms with E-state index in [1.807, 2.05) is 6.92 Å². The first-order chi connectivity index (χ1) is 14.4. The summed E-state index contributed by atoms with van der Waals surface area (Å²) in [6, 6.07) is 12.1. The molecule has 7 nitrogen and oxygen atoms in total. The number of ketones is 1. The molecule has 1 aliphatic heterocycles. The number of likely N-dealkylation sites (N-methyl/N-ethyl adjacent to an activating group) is 1. The molecule has 8 heteroatoms. The van der Waals surface area contributed by atoms with Gasteiger partial charge in [0.05, 0.1) is 23.8 Å². The van der Waals surface area contributed by atoms with E-state index in [1.165, 1.54) is 11.8 Å². The van der Waals surface area contributed by atoms with E-state index >= 15 is 0 Å². The smallest absolute Gasteiger partial charge is 0.265 e. The van der Waals surface area contributed by atoms with Crippen LogP contribution in [0.15, 0.2) is 42.5 Å². The number of nitrogens with zero attached hydrogens (tertiary/aromatic N) is 1. The second kappa shape index (κ2) is 9.67. The van der Waals surface area contributed by atoms with Crippen molar-refractivity contribution in [2.75, 3.05) is 36.2 Å². The van der Waals surface area contributed by atoms with Crippen LogP contribution in [0.25, 0.3) is 0 Å². The highest BCUT2D eigenvalue weighted by Crippen LogP contribution is 2.33. The molecule has 0 radical (unpaired) electrons. The van der Waals surface area contributed by atoms with Crippen molar-refractivity contribution in [1.82, 2.24) is 0 Å². The molecule has 0 aromatic heterocycles. The SMILES string of the molecule is CCN1C(=O)COc2ccc(C(=O)C(C)SCC(=O)Nc3ccc(OC)cc3)cc21. The van der Waals surface area contributed by atoms with Crippen molar-refractivity contribution in [2.45, 2.75) is 19.1 Å². The maximum atomic E-state index is 12.8. The summed E-state index contributed by atoms with van der Waals surface area (Å²) >= 11 is 1.26. The van der Waals surface area contributed by atoms with Gasteiger partial charge in [0.1, 0.15) is 11.5 Å². The van der Waals surface area contributed by atoms with Crippen LogP contribution in [0.1, 0.15) is 24.2 Å². The molecule has 1 aliphatic rings. The Morgan fingerprint density at radius 2 is 1.97 bits per heavy atom. The maximum absolute atomic E-state index is 12.8. The van der Waals surface area contributed by atoms with E-state index in [4.69, 9.17) is 9.47 Å². The molecule has 158 valence electrons. The summed E-state index contributed by atoms with van der Waals surface area (Å²) in [4.78, 5) is 38.7. The Hall–Kier alpha value is -3.00. The van der Waals surface area contributed by atoms with Gasteiger partial charge < -0.3 is 19.7 Å². The molecule has 1 N–H and O–H groups in total. The number of ether oxygens (including phenoxy) is 2. The highest BCUT2D eigenvalue weighted by molar-refractivity contribution is 8.01. The third-order valence-corrected chi connectivity index (χ3v) is 5.85. The van der Waals surface area contributed by atoms with Crippen molar-refractivity contribution >= 4 is 40.7 Å². The molecule has 3 rings (SSSR count). The summed E-state index contributed by atoms with van der Waals surface area (Å²) in [6.45, 7) is 4.15. The molecular weight excluding hydrogens is 404 g/mol. The lowest BCUT2D eigenvalue weighted by Crippen LogP contribution is -2.38. The van der Waals surface area contributed by atoms with Crippen molar-refractivity contribution in [3.63, 3.8) is 0 Å². The number of anilines is 2. The van der Waals surface area contributed by atoms with Crippen LogP contribution in [-0.4, -0.2) is 48.9 Å². The molecule has 0 aliphatic carbocycles.